The smallest absolute Gasteiger partial charge is 0.409 e. The first-order valence-corrected chi connectivity index (χ1v) is 15.4. The molecule has 1 aliphatic heterocycles. The van der Waals surface area contributed by atoms with E-state index in [2.05, 4.69) is 20.8 Å². The Bertz CT molecular complexity index is 864. The normalized spacial score (nSPS) is 44.4. The number of aliphatic hydroxyl groups excluding tert-OH is 1. The monoisotopic (exact) mass is 516 g/mol. The van der Waals surface area contributed by atoms with Crippen molar-refractivity contribution in [2.45, 2.75) is 110 Å². The van der Waals surface area contributed by atoms with Crippen molar-refractivity contribution in [1.29, 1.82) is 0 Å². The fourth-order valence-corrected chi connectivity index (χ4v) is 10.5. The van der Waals surface area contributed by atoms with E-state index in [9.17, 15) is 14.7 Å². The number of hydrogen-bond acceptors (Lipinski definition) is 4. The maximum atomic E-state index is 13.1. The van der Waals surface area contributed by atoms with Crippen molar-refractivity contribution in [3.8, 4) is 0 Å². The molecule has 1 heterocycles. The van der Waals surface area contributed by atoms with Crippen LogP contribution in [0.3, 0.4) is 0 Å². The fraction of sp³-hybridized carbons (Fsp3) is 0.935. The highest BCUT2D eigenvalue weighted by Crippen LogP contribution is 2.68. The lowest BCUT2D eigenvalue weighted by Crippen LogP contribution is -2.55. The number of piperazine rings is 1. The van der Waals surface area contributed by atoms with Crippen LogP contribution in [0.2, 0.25) is 0 Å². The molecule has 6 nitrogen and oxygen atoms in total. The molecule has 6 heteroatoms. The second kappa shape index (κ2) is 10.4. The maximum Gasteiger partial charge on any atom is 0.409 e. The van der Waals surface area contributed by atoms with Crippen LogP contribution in [-0.2, 0) is 9.53 Å². The molecule has 10 atom stereocenters. The quantitative estimate of drug-likeness (QED) is 0.519. The van der Waals surface area contributed by atoms with E-state index in [4.69, 9.17) is 4.74 Å². The summed E-state index contributed by atoms with van der Waals surface area (Å²) >= 11 is 0. The van der Waals surface area contributed by atoms with Gasteiger partial charge in [-0.1, -0.05) is 20.8 Å². The van der Waals surface area contributed by atoms with Crippen molar-refractivity contribution in [2.24, 2.45) is 46.3 Å². The van der Waals surface area contributed by atoms with Gasteiger partial charge in [0.25, 0.3) is 0 Å². The molecular weight excluding hydrogens is 464 g/mol. The Morgan fingerprint density at radius 3 is 2.46 bits per heavy atom. The Hall–Kier alpha value is -1.30. The van der Waals surface area contributed by atoms with Crippen molar-refractivity contribution in [3.05, 3.63) is 0 Å². The largest absolute Gasteiger partial charge is 0.453 e. The average molecular weight is 517 g/mol. The Balaban J connectivity index is 1.17. The van der Waals surface area contributed by atoms with E-state index in [0.717, 1.165) is 48.9 Å². The van der Waals surface area contributed by atoms with Crippen LogP contribution in [0.25, 0.3) is 0 Å². The van der Waals surface area contributed by atoms with Crippen LogP contribution >= 0.6 is 0 Å². The van der Waals surface area contributed by atoms with Gasteiger partial charge >= 0.3 is 6.09 Å². The van der Waals surface area contributed by atoms with E-state index in [1.54, 1.807) is 4.90 Å². The van der Waals surface area contributed by atoms with E-state index in [1.165, 1.54) is 52.1 Å². The SMILES string of the molecule is COC(=O)N1CCN(C(=O)CC[C@@H](C)[C@H]2CC[C@H]3[C@@H]4CC[C@H]5C[C@@H](O)CC[C@]5(C)[C@H]4CC[C@]23C)C[C@@H]1C. The summed E-state index contributed by atoms with van der Waals surface area (Å²) in [6.07, 6.45) is 12.6. The number of aliphatic hydroxyl groups is 1. The first kappa shape index (κ1) is 27.3. The van der Waals surface area contributed by atoms with Crippen molar-refractivity contribution < 1.29 is 19.4 Å². The molecule has 0 aromatic heterocycles. The highest BCUT2D eigenvalue weighted by molar-refractivity contribution is 5.77. The van der Waals surface area contributed by atoms with Gasteiger partial charge in [0.2, 0.25) is 5.91 Å². The minimum absolute atomic E-state index is 0.00311. The minimum Gasteiger partial charge on any atom is -0.453 e. The van der Waals surface area contributed by atoms with Crippen LogP contribution in [0.4, 0.5) is 4.79 Å². The third-order valence-corrected chi connectivity index (χ3v) is 12.6. The zero-order chi connectivity index (χ0) is 26.5. The van der Waals surface area contributed by atoms with Crippen LogP contribution in [-0.4, -0.2) is 65.8 Å². The van der Waals surface area contributed by atoms with Gasteiger partial charge in [-0.2, -0.15) is 0 Å². The van der Waals surface area contributed by atoms with E-state index in [-0.39, 0.29) is 24.1 Å². The lowest BCUT2D eigenvalue weighted by Gasteiger charge is -2.61. The fourth-order valence-electron chi connectivity index (χ4n) is 10.5. The Kier molecular flexibility index (Phi) is 7.63. The molecule has 0 unspecified atom stereocenters. The van der Waals surface area contributed by atoms with Crippen LogP contribution in [0.5, 0.6) is 0 Å². The molecule has 1 saturated heterocycles. The first-order chi connectivity index (χ1) is 17.6. The average Bonchev–Trinajstić information content (AvgIpc) is 3.24. The molecule has 0 aromatic carbocycles. The number of carbonyl (C=O) groups is 2. The summed E-state index contributed by atoms with van der Waals surface area (Å²) in [7, 11) is 1.42. The van der Waals surface area contributed by atoms with Gasteiger partial charge in [0.05, 0.1) is 13.2 Å². The summed E-state index contributed by atoms with van der Waals surface area (Å²) < 4.78 is 4.89. The third kappa shape index (κ3) is 4.72. The van der Waals surface area contributed by atoms with Gasteiger partial charge in [0.1, 0.15) is 0 Å². The van der Waals surface area contributed by atoms with Gasteiger partial charge in [-0.05, 0) is 117 Å². The number of ether oxygens (including phenoxy) is 1. The zero-order valence-electron chi connectivity index (χ0n) is 24.1. The summed E-state index contributed by atoms with van der Waals surface area (Å²) in [5, 5.41) is 10.3. The molecule has 0 bridgehead atoms. The molecule has 1 N–H and O–H groups in total. The molecule has 2 amide bonds. The first-order valence-electron chi connectivity index (χ1n) is 15.4. The maximum absolute atomic E-state index is 13.1. The Morgan fingerprint density at radius 1 is 1.00 bits per heavy atom. The number of rotatable bonds is 4. The Labute approximate surface area is 224 Å². The van der Waals surface area contributed by atoms with E-state index < -0.39 is 0 Å². The van der Waals surface area contributed by atoms with Gasteiger partial charge in [-0.3, -0.25) is 4.79 Å². The van der Waals surface area contributed by atoms with Crippen LogP contribution in [0.1, 0.15) is 98.3 Å². The van der Waals surface area contributed by atoms with Gasteiger partial charge in [0.15, 0.2) is 0 Å². The van der Waals surface area contributed by atoms with E-state index in [0.29, 0.717) is 42.8 Å². The lowest BCUT2D eigenvalue weighted by molar-refractivity contribution is -0.135. The van der Waals surface area contributed by atoms with E-state index in [1.807, 2.05) is 11.8 Å². The molecule has 4 aliphatic carbocycles. The minimum atomic E-state index is -0.296. The van der Waals surface area contributed by atoms with Crippen molar-refractivity contribution >= 4 is 12.0 Å². The molecular formula is C31H52N2O4. The summed E-state index contributed by atoms with van der Waals surface area (Å²) in [6.45, 7) is 11.4. The van der Waals surface area contributed by atoms with Crippen molar-refractivity contribution in [2.75, 3.05) is 26.7 Å². The van der Waals surface area contributed by atoms with Crippen LogP contribution < -0.4 is 0 Å². The number of carbonyl (C=O) groups excluding carboxylic acids is 2. The highest BCUT2D eigenvalue weighted by Gasteiger charge is 2.60. The van der Waals surface area contributed by atoms with Crippen molar-refractivity contribution in [1.82, 2.24) is 9.80 Å². The molecule has 37 heavy (non-hydrogen) atoms. The predicted molar refractivity (Wildman–Crippen MR) is 145 cm³/mol. The highest BCUT2D eigenvalue weighted by atomic mass is 16.5. The predicted octanol–water partition coefficient (Wildman–Crippen LogP) is 5.72. The number of nitrogens with zero attached hydrogens (tertiary/aromatic N) is 2. The summed E-state index contributed by atoms with van der Waals surface area (Å²) in [4.78, 5) is 28.8. The third-order valence-electron chi connectivity index (χ3n) is 12.6. The molecule has 5 rings (SSSR count). The Morgan fingerprint density at radius 2 is 1.73 bits per heavy atom. The summed E-state index contributed by atoms with van der Waals surface area (Å²) in [6, 6.07) is -0.00311. The molecule has 0 aromatic rings. The number of fused-ring (bicyclic) bond motifs is 5. The molecule has 5 aliphatic rings. The second-order valence-corrected chi connectivity index (χ2v) is 14.2. The van der Waals surface area contributed by atoms with Gasteiger partial charge in [0, 0.05) is 32.1 Å². The second-order valence-electron chi connectivity index (χ2n) is 14.2. The zero-order valence-corrected chi connectivity index (χ0v) is 24.1. The van der Waals surface area contributed by atoms with E-state index >= 15 is 0 Å². The summed E-state index contributed by atoms with van der Waals surface area (Å²) in [5.41, 5.74) is 0.857. The molecule has 5 fully saturated rings. The summed E-state index contributed by atoms with van der Waals surface area (Å²) in [5.74, 6) is 4.81. The molecule has 4 saturated carbocycles. The van der Waals surface area contributed by atoms with Crippen LogP contribution in [0, 0.1) is 46.3 Å². The van der Waals surface area contributed by atoms with Gasteiger partial charge in [-0.15, -0.1) is 0 Å². The van der Waals surface area contributed by atoms with Crippen molar-refractivity contribution in [3.63, 3.8) is 0 Å². The van der Waals surface area contributed by atoms with Gasteiger partial charge in [-0.25, -0.2) is 4.79 Å². The van der Waals surface area contributed by atoms with Crippen LogP contribution in [0.15, 0.2) is 0 Å². The number of hydrogen-bond donors (Lipinski definition) is 1. The molecule has 0 spiro atoms. The topological polar surface area (TPSA) is 70.1 Å². The molecule has 0 radical (unpaired) electrons. The molecule has 210 valence electrons. The lowest BCUT2D eigenvalue weighted by atomic mass is 9.44. The number of amides is 2. The standard InChI is InChI=1S/C31H52N2O4/c1-20(6-11-28(35)32-16-17-33(21(2)19-32)29(36)37-5)25-9-10-26-24-8-7-22-18-23(34)12-14-30(22,3)27(24)13-15-31(25,26)4/h20-27,34H,6-19H2,1-5H3/t20-,21+,22+,23+,24+,25-,26+,27+,30+,31-/m1/s1. The number of methoxy groups -OCH3 is 1. The van der Waals surface area contributed by atoms with Gasteiger partial charge < -0.3 is 19.6 Å².